The molecule has 1 heterocycles. The smallest absolute Gasteiger partial charge is 0.347 e. The van der Waals surface area contributed by atoms with Crippen molar-refractivity contribution in [3.05, 3.63) is 15.6 Å². The number of thiazole rings is 1. The lowest BCUT2D eigenvalue weighted by Crippen LogP contribution is -2.50. The van der Waals surface area contributed by atoms with Gasteiger partial charge >= 0.3 is 5.97 Å². The summed E-state index contributed by atoms with van der Waals surface area (Å²) in [5, 5.41) is 8.91. The lowest BCUT2D eigenvalue weighted by Gasteiger charge is -2.20. The first kappa shape index (κ1) is 12.8. The molecule has 5 nitrogen and oxygen atoms in total. The van der Waals surface area contributed by atoms with Crippen LogP contribution in [0.25, 0.3) is 0 Å². The van der Waals surface area contributed by atoms with Crippen molar-refractivity contribution in [1.82, 2.24) is 10.3 Å². The molecule has 0 spiro atoms. The Morgan fingerprint density at radius 3 is 2.38 bits per heavy atom. The predicted molar refractivity (Wildman–Crippen MR) is 61.3 cm³/mol. The van der Waals surface area contributed by atoms with Gasteiger partial charge in [-0.3, -0.25) is 4.79 Å². The first-order valence-electron chi connectivity index (χ1n) is 4.10. The molecule has 0 bridgehead atoms. The third-order valence-corrected chi connectivity index (χ3v) is 2.66. The second-order valence-corrected chi connectivity index (χ2v) is 4.12. The van der Waals surface area contributed by atoms with Crippen LogP contribution in [0, 0.1) is 6.92 Å². The van der Waals surface area contributed by atoms with Crippen LogP contribution in [0.15, 0.2) is 0 Å². The zero-order valence-electron chi connectivity index (χ0n) is 8.35. The summed E-state index contributed by atoms with van der Waals surface area (Å²) in [7, 11) is 15.5. The Morgan fingerprint density at radius 2 is 2.00 bits per heavy atom. The van der Waals surface area contributed by atoms with E-state index in [9.17, 15) is 9.59 Å². The van der Waals surface area contributed by atoms with E-state index in [1.807, 2.05) is 0 Å². The summed E-state index contributed by atoms with van der Waals surface area (Å²) < 4.78 is 0. The monoisotopic (exact) mass is 230 g/mol. The van der Waals surface area contributed by atoms with Gasteiger partial charge < -0.3 is 10.4 Å². The standard InChI is InChI=1S/C7H5B3N2O3S/c1-2-3(6(14)15)16-5(11-2)4(13)12-7(8,9)10/h1H3,(H,12,13)(H,14,15). The molecular weight excluding hydrogens is 225 g/mol. The number of carboxylic acid groups (broad SMARTS) is 1. The Bertz CT molecular complexity index is 441. The minimum atomic E-state index is -1.86. The minimum absolute atomic E-state index is 0.0122. The van der Waals surface area contributed by atoms with Gasteiger partial charge in [-0.05, 0) is 6.92 Å². The highest BCUT2D eigenvalue weighted by atomic mass is 32.1. The summed E-state index contributed by atoms with van der Waals surface area (Å²) in [5.41, 5.74) is 0.249. The number of rotatable bonds is 3. The Balaban J connectivity index is 2.94. The Kier molecular flexibility index (Phi) is 3.47. The topological polar surface area (TPSA) is 79.3 Å². The molecule has 0 atom stereocenters. The molecule has 0 unspecified atom stereocenters. The van der Waals surface area contributed by atoms with Crippen LogP contribution in [-0.4, -0.2) is 50.7 Å². The molecular formula is C7H5B3N2O3S. The molecule has 1 rings (SSSR count). The molecule has 1 aromatic heterocycles. The molecule has 1 amide bonds. The van der Waals surface area contributed by atoms with Gasteiger partial charge in [0.1, 0.15) is 4.88 Å². The van der Waals surface area contributed by atoms with Crippen LogP contribution in [0.4, 0.5) is 0 Å². The average molecular weight is 230 g/mol. The maximum atomic E-state index is 11.5. The van der Waals surface area contributed by atoms with Crippen molar-refractivity contribution >= 4 is 46.8 Å². The Hall–Kier alpha value is -1.24. The van der Waals surface area contributed by atoms with Crippen LogP contribution < -0.4 is 5.32 Å². The van der Waals surface area contributed by atoms with Gasteiger partial charge in [0.25, 0.3) is 5.91 Å². The fourth-order valence-corrected chi connectivity index (χ4v) is 1.74. The molecule has 16 heavy (non-hydrogen) atoms. The number of aryl methyl sites for hydroxylation is 1. The number of hydrogen-bond acceptors (Lipinski definition) is 4. The Morgan fingerprint density at radius 1 is 1.44 bits per heavy atom. The molecule has 9 heteroatoms. The van der Waals surface area contributed by atoms with Crippen molar-refractivity contribution in [3.8, 4) is 0 Å². The maximum absolute atomic E-state index is 11.5. The molecule has 0 aromatic carbocycles. The lowest BCUT2D eigenvalue weighted by atomic mass is 9.49. The average Bonchev–Trinajstić information content (AvgIpc) is 2.44. The molecule has 0 aliphatic rings. The largest absolute Gasteiger partial charge is 0.477 e. The lowest BCUT2D eigenvalue weighted by molar-refractivity contribution is 0.0701. The number of amides is 1. The number of nitrogens with zero attached hydrogens (tertiary/aromatic N) is 1. The van der Waals surface area contributed by atoms with Crippen LogP contribution in [0.5, 0.6) is 0 Å². The first-order valence-corrected chi connectivity index (χ1v) is 4.92. The van der Waals surface area contributed by atoms with Gasteiger partial charge in [-0.25, -0.2) is 9.78 Å². The van der Waals surface area contributed by atoms with Crippen LogP contribution in [0.2, 0.25) is 0 Å². The van der Waals surface area contributed by atoms with Gasteiger partial charge in [-0.1, -0.05) is 5.24 Å². The zero-order chi connectivity index (χ0) is 12.5. The zero-order valence-corrected chi connectivity index (χ0v) is 9.17. The van der Waals surface area contributed by atoms with Gasteiger partial charge in [0, 0.05) is 0 Å². The molecule has 0 aliphatic carbocycles. The summed E-state index contributed by atoms with van der Waals surface area (Å²) >= 11 is 0.727. The third-order valence-electron chi connectivity index (χ3n) is 1.52. The van der Waals surface area contributed by atoms with E-state index in [0.29, 0.717) is 0 Å². The van der Waals surface area contributed by atoms with E-state index in [1.54, 1.807) is 0 Å². The number of aromatic carboxylic acids is 1. The van der Waals surface area contributed by atoms with E-state index in [1.165, 1.54) is 6.92 Å². The number of carbonyl (C=O) groups excluding carboxylic acids is 1. The number of hydrogen-bond donors (Lipinski definition) is 2. The van der Waals surface area contributed by atoms with Gasteiger partial charge in [-0.2, -0.15) is 0 Å². The number of aromatic nitrogens is 1. The Labute approximate surface area is 99.9 Å². The molecule has 6 radical (unpaired) electrons. The molecule has 0 aliphatic heterocycles. The summed E-state index contributed by atoms with van der Waals surface area (Å²) in [6, 6.07) is 0. The highest BCUT2D eigenvalue weighted by Gasteiger charge is 2.21. The fourth-order valence-electron chi connectivity index (χ4n) is 0.942. The second-order valence-electron chi connectivity index (χ2n) is 3.13. The van der Waals surface area contributed by atoms with Crippen molar-refractivity contribution in [2.45, 2.75) is 12.2 Å². The second kappa shape index (κ2) is 4.33. The van der Waals surface area contributed by atoms with Crippen molar-refractivity contribution in [3.63, 3.8) is 0 Å². The van der Waals surface area contributed by atoms with Crippen LogP contribution >= 0.6 is 11.3 Å². The summed E-state index contributed by atoms with van der Waals surface area (Å²) in [6.45, 7) is 1.48. The molecule has 0 saturated carbocycles. The molecule has 0 saturated heterocycles. The summed E-state index contributed by atoms with van der Waals surface area (Å²) in [6.07, 6.45) is 0. The van der Waals surface area contributed by atoms with Gasteiger partial charge in [0.05, 0.1) is 29.2 Å². The maximum Gasteiger partial charge on any atom is 0.347 e. The summed E-state index contributed by atoms with van der Waals surface area (Å²) in [4.78, 5) is 25.9. The minimum Gasteiger partial charge on any atom is -0.477 e. The highest BCUT2D eigenvalue weighted by molar-refractivity contribution is 7.15. The fraction of sp³-hybridized carbons (Fsp3) is 0.286. The number of carboxylic acids is 1. The highest BCUT2D eigenvalue weighted by Crippen LogP contribution is 2.17. The van der Waals surface area contributed by atoms with Crippen molar-refractivity contribution in [2.24, 2.45) is 0 Å². The summed E-state index contributed by atoms with van der Waals surface area (Å²) in [5.74, 6) is -1.86. The third kappa shape index (κ3) is 3.13. The molecule has 0 fully saturated rings. The van der Waals surface area contributed by atoms with Crippen molar-refractivity contribution in [2.75, 3.05) is 0 Å². The van der Waals surface area contributed by atoms with Gasteiger partial charge in [0.15, 0.2) is 5.01 Å². The molecule has 2 N–H and O–H groups in total. The molecule has 1 aromatic rings. The quantitative estimate of drug-likeness (QED) is 0.652. The van der Waals surface area contributed by atoms with Crippen LogP contribution in [-0.2, 0) is 0 Å². The van der Waals surface area contributed by atoms with Crippen LogP contribution in [0.1, 0.15) is 25.2 Å². The number of nitrogens with one attached hydrogen (secondary N) is 1. The van der Waals surface area contributed by atoms with Gasteiger partial charge in [0.2, 0.25) is 0 Å². The van der Waals surface area contributed by atoms with E-state index < -0.39 is 17.1 Å². The number of carbonyl (C=O) groups is 2. The van der Waals surface area contributed by atoms with Crippen molar-refractivity contribution in [1.29, 1.82) is 0 Å². The SMILES string of the molecule is [B]C([B])([B])NC(=O)c1nc(C)c(C(=O)O)s1. The normalized spacial score (nSPS) is 11.1. The van der Waals surface area contributed by atoms with E-state index in [2.05, 4.69) is 10.3 Å². The van der Waals surface area contributed by atoms with Gasteiger partial charge in [-0.15, -0.1) is 11.3 Å². The van der Waals surface area contributed by atoms with E-state index >= 15 is 0 Å². The van der Waals surface area contributed by atoms with E-state index in [4.69, 9.17) is 28.6 Å². The molecule has 76 valence electrons. The first-order chi connectivity index (χ1) is 7.20. The predicted octanol–water partition coefficient (Wildman–Crippen LogP) is -1.00. The van der Waals surface area contributed by atoms with E-state index in [0.717, 1.165) is 11.3 Å². The van der Waals surface area contributed by atoms with Crippen molar-refractivity contribution < 1.29 is 14.7 Å². The van der Waals surface area contributed by atoms with E-state index in [-0.39, 0.29) is 15.6 Å². The van der Waals surface area contributed by atoms with Crippen LogP contribution in [0.3, 0.4) is 0 Å².